The standard InChI is InChI=1S/C14H26F2O3/c1-3-5-6-7-8-9-10-11-12(17)14(15,16)13(18)19-4-2/h12,17H,3-11H2,1-2H3/t12-/m1/s1. The van der Waals surface area contributed by atoms with Gasteiger partial charge in [0, 0.05) is 0 Å². The van der Waals surface area contributed by atoms with Crippen molar-refractivity contribution in [3.63, 3.8) is 0 Å². The van der Waals surface area contributed by atoms with E-state index in [1.54, 1.807) is 0 Å². The molecule has 1 N–H and O–H groups in total. The minimum absolute atomic E-state index is 0.0698. The zero-order chi connectivity index (χ0) is 14.7. The highest BCUT2D eigenvalue weighted by molar-refractivity contribution is 5.78. The van der Waals surface area contributed by atoms with Crippen molar-refractivity contribution in [2.45, 2.75) is 77.2 Å². The molecule has 0 fully saturated rings. The second kappa shape index (κ2) is 10.1. The Balaban J connectivity index is 3.78. The van der Waals surface area contributed by atoms with Crippen molar-refractivity contribution in [2.75, 3.05) is 6.61 Å². The molecule has 0 amide bonds. The van der Waals surface area contributed by atoms with Crippen molar-refractivity contribution in [1.82, 2.24) is 0 Å². The van der Waals surface area contributed by atoms with Crippen LogP contribution < -0.4 is 0 Å². The van der Waals surface area contributed by atoms with Gasteiger partial charge in [-0.3, -0.25) is 0 Å². The molecule has 0 bridgehead atoms. The van der Waals surface area contributed by atoms with Gasteiger partial charge in [0.2, 0.25) is 0 Å². The molecular weight excluding hydrogens is 254 g/mol. The summed E-state index contributed by atoms with van der Waals surface area (Å²) >= 11 is 0. The molecule has 0 aliphatic carbocycles. The van der Waals surface area contributed by atoms with Gasteiger partial charge in [0.15, 0.2) is 0 Å². The van der Waals surface area contributed by atoms with E-state index in [0.717, 1.165) is 25.7 Å². The number of aliphatic hydroxyl groups excluding tert-OH is 1. The minimum atomic E-state index is -3.79. The first-order chi connectivity index (χ1) is 8.96. The molecule has 0 aromatic rings. The number of carbonyl (C=O) groups is 1. The van der Waals surface area contributed by atoms with Crippen molar-refractivity contribution >= 4 is 5.97 Å². The van der Waals surface area contributed by atoms with Crippen LogP contribution in [0, 0.1) is 0 Å². The van der Waals surface area contributed by atoms with Gasteiger partial charge in [-0.2, -0.15) is 8.78 Å². The summed E-state index contributed by atoms with van der Waals surface area (Å²) < 4.78 is 30.9. The number of ether oxygens (including phenoxy) is 1. The maximum absolute atomic E-state index is 13.3. The van der Waals surface area contributed by atoms with Gasteiger partial charge in [0.25, 0.3) is 0 Å². The lowest BCUT2D eigenvalue weighted by molar-refractivity contribution is -0.188. The van der Waals surface area contributed by atoms with Crippen molar-refractivity contribution in [3.05, 3.63) is 0 Å². The third-order valence-corrected chi connectivity index (χ3v) is 3.05. The number of esters is 1. The number of alkyl halides is 2. The van der Waals surface area contributed by atoms with Crippen LogP contribution >= 0.6 is 0 Å². The molecule has 0 spiro atoms. The molecule has 0 rings (SSSR count). The largest absolute Gasteiger partial charge is 0.461 e. The van der Waals surface area contributed by atoms with Crippen LogP contribution in [0.25, 0.3) is 0 Å². The molecule has 0 saturated carbocycles. The van der Waals surface area contributed by atoms with Crippen LogP contribution in [0.4, 0.5) is 8.78 Å². The number of unbranched alkanes of at least 4 members (excludes halogenated alkanes) is 6. The van der Waals surface area contributed by atoms with Gasteiger partial charge in [0.1, 0.15) is 6.10 Å². The fourth-order valence-corrected chi connectivity index (χ4v) is 1.84. The van der Waals surface area contributed by atoms with Crippen LogP contribution in [0.1, 0.15) is 65.2 Å². The van der Waals surface area contributed by atoms with Crippen LogP contribution in [-0.4, -0.2) is 29.7 Å². The number of aliphatic hydroxyl groups is 1. The van der Waals surface area contributed by atoms with E-state index >= 15 is 0 Å². The van der Waals surface area contributed by atoms with Crippen molar-refractivity contribution in [1.29, 1.82) is 0 Å². The normalized spacial score (nSPS) is 13.3. The first-order valence-corrected chi connectivity index (χ1v) is 7.19. The van der Waals surface area contributed by atoms with Gasteiger partial charge in [-0.25, -0.2) is 4.79 Å². The molecule has 0 heterocycles. The van der Waals surface area contributed by atoms with Crippen LogP contribution in [-0.2, 0) is 9.53 Å². The summed E-state index contributed by atoms with van der Waals surface area (Å²) in [6.07, 6.45) is 4.91. The van der Waals surface area contributed by atoms with Gasteiger partial charge < -0.3 is 9.84 Å². The highest BCUT2D eigenvalue weighted by Crippen LogP contribution is 2.24. The highest BCUT2D eigenvalue weighted by Gasteiger charge is 2.47. The summed E-state index contributed by atoms with van der Waals surface area (Å²) in [5.74, 6) is -5.43. The van der Waals surface area contributed by atoms with Gasteiger partial charge in [0.05, 0.1) is 6.61 Å². The molecule has 0 aliphatic rings. The maximum atomic E-state index is 13.3. The van der Waals surface area contributed by atoms with Crippen molar-refractivity contribution in [2.24, 2.45) is 0 Å². The molecule has 0 unspecified atom stereocenters. The summed E-state index contributed by atoms with van der Waals surface area (Å²) in [6, 6.07) is 0. The lowest BCUT2D eigenvalue weighted by Crippen LogP contribution is -2.42. The topological polar surface area (TPSA) is 46.5 Å². The van der Waals surface area contributed by atoms with E-state index < -0.39 is 18.0 Å². The highest BCUT2D eigenvalue weighted by atomic mass is 19.3. The monoisotopic (exact) mass is 280 g/mol. The Morgan fingerprint density at radius 1 is 1.11 bits per heavy atom. The van der Waals surface area contributed by atoms with E-state index in [0.29, 0.717) is 6.42 Å². The molecular formula is C14H26F2O3. The van der Waals surface area contributed by atoms with Gasteiger partial charge >= 0.3 is 11.9 Å². The third-order valence-electron chi connectivity index (χ3n) is 3.05. The molecule has 19 heavy (non-hydrogen) atoms. The summed E-state index contributed by atoms with van der Waals surface area (Å²) in [5, 5.41) is 9.36. The Labute approximate surface area is 114 Å². The molecule has 0 saturated heterocycles. The average molecular weight is 280 g/mol. The second-order valence-corrected chi connectivity index (χ2v) is 4.77. The van der Waals surface area contributed by atoms with E-state index in [1.165, 1.54) is 19.8 Å². The number of rotatable bonds is 11. The number of halogens is 2. The molecule has 0 aromatic carbocycles. The second-order valence-electron chi connectivity index (χ2n) is 4.77. The SMILES string of the molecule is CCCCCCCCC[C@@H](O)C(F)(F)C(=O)OCC. The van der Waals surface area contributed by atoms with Crippen LogP contribution in [0.3, 0.4) is 0 Å². The van der Waals surface area contributed by atoms with Gasteiger partial charge in [-0.05, 0) is 13.3 Å². The minimum Gasteiger partial charge on any atom is -0.461 e. The van der Waals surface area contributed by atoms with E-state index in [9.17, 15) is 18.7 Å². The van der Waals surface area contributed by atoms with Crippen LogP contribution in [0.2, 0.25) is 0 Å². The Bertz CT molecular complexity index is 245. The number of hydrogen-bond acceptors (Lipinski definition) is 3. The lowest BCUT2D eigenvalue weighted by Gasteiger charge is -2.20. The Kier molecular flexibility index (Phi) is 9.74. The zero-order valence-corrected chi connectivity index (χ0v) is 12.0. The first-order valence-electron chi connectivity index (χ1n) is 7.19. The van der Waals surface area contributed by atoms with E-state index in [2.05, 4.69) is 11.7 Å². The smallest absolute Gasteiger partial charge is 0.379 e. The van der Waals surface area contributed by atoms with Crippen LogP contribution in [0.5, 0.6) is 0 Å². The molecule has 5 heteroatoms. The van der Waals surface area contributed by atoms with Gasteiger partial charge in [-0.1, -0.05) is 51.9 Å². The van der Waals surface area contributed by atoms with Gasteiger partial charge in [-0.15, -0.1) is 0 Å². The molecule has 1 atom stereocenters. The van der Waals surface area contributed by atoms with Crippen molar-refractivity contribution in [3.8, 4) is 0 Å². The Morgan fingerprint density at radius 3 is 2.16 bits per heavy atom. The number of hydrogen-bond donors (Lipinski definition) is 1. The summed E-state index contributed by atoms with van der Waals surface area (Å²) in [7, 11) is 0. The molecule has 3 nitrogen and oxygen atoms in total. The summed E-state index contributed by atoms with van der Waals surface area (Å²) in [6.45, 7) is 3.48. The quantitative estimate of drug-likeness (QED) is 0.464. The predicted molar refractivity (Wildman–Crippen MR) is 70.2 cm³/mol. The van der Waals surface area contributed by atoms with Crippen molar-refractivity contribution < 1.29 is 23.4 Å². The lowest BCUT2D eigenvalue weighted by atomic mass is 10.0. The fraction of sp³-hybridized carbons (Fsp3) is 0.929. The molecule has 114 valence electrons. The van der Waals surface area contributed by atoms with Crippen LogP contribution in [0.15, 0.2) is 0 Å². The molecule has 0 radical (unpaired) electrons. The fourth-order valence-electron chi connectivity index (χ4n) is 1.84. The van der Waals surface area contributed by atoms with E-state index in [1.807, 2.05) is 0 Å². The van der Waals surface area contributed by atoms with E-state index in [-0.39, 0.29) is 13.0 Å². The first kappa shape index (κ1) is 18.3. The third kappa shape index (κ3) is 7.45. The molecule has 0 aliphatic heterocycles. The predicted octanol–water partition coefficient (Wildman–Crippen LogP) is 3.69. The Hall–Kier alpha value is -0.710. The summed E-state index contributed by atoms with van der Waals surface area (Å²) in [5.41, 5.74) is 0. The average Bonchev–Trinajstić information content (AvgIpc) is 2.37. The Morgan fingerprint density at radius 2 is 1.63 bits per heavy atom. The zero-order valence-electron chi connectivity index (χ0n) is 12.0. The maximum Gasteiger partial charge on any atom is 0.379 e. The summed E-state index contributed by atoms with van der Waals surface area (Å²) in [4.78, 5) is 11.0. The number of carbonyl (C=O) groups excluding carboxylic acids is 1. The molecule has 0 aromatic heterocycles. The van der Waals surface area contributed by atoms with E-state index in [4.69, 9.17) is 0 Å².